The molecule has 0 bridgehead atoms. The summed E-state index contributed by atoms with van der Waals surface area (Å²) in [5, 5.41) is 1.83. The topological polar surface area (TPSA) is 54.8 Å². The Kier molecular flexibility index (Phi) is 5.43. The van der Waals surface area contributed by atoms with Gasteiger partial charge in [-0.1, -0.05) is 11.3 Å². The number of hydrogen-bond donors (Lipinski definition) is 0. The number of rotatable bonds is 5. The first-order valence-electron chi connectivity index (χ1n) is 8.40. The third-order valence-corrected chi connectivity index (χ3v) is 5.48. The molecular formula is C18H23N3O3S. The summed E-state index contributed by atoms with van der Waals surface area (Å²) in [7, 11) is 1.66. The summed E-state index contributed by atoms with van der Waals surface area (Å²) in [5.41, 5.74) is 2.07. The van der Waals surface area contributed by atoms with Gasteiger partial charge < -0.3 is 19.1 Å². The van der Waals surface area contributed by atoms with Gasteiger partial charge in [0.25, 0.3) is 0 Å². The highest BCUT2D eigenvalue weighted by Gasteiger charge is 2.21. The third kappa shape index (κ3) is 4.04. The zero-order valence-electron chi connectivity index (χ0n) is 14.6. The second-order valence-electron chi connectivity index (χ2n) is 6.11. The minimum atomic E-state index is 0.00891. The number of methoxy groups -OCH3 is 1. The minimum absolute atomic E-state index is 0.00891. The number of carbonyl (C=O) groups is 1. The van der Waals surface area contributed by atoms with Crippen molar-refractivity contribution in [3.63, 3.8) is 0 Å². The van der Waals surface area contributed by atoms with E-state index in [4.69, 9.17) is 4.74 Å². The lowest BCUT2D eigenvalue weighted by Crippen LogP contribution is -2.49. The molecule has 2 aromatic rings. The number of amides is 1. The Morgan fingerprint density at radius 2 is 1.84 bits per heavy atom. The Hall–Kier alpha value is -2.28. The fourth-order valence-corrected chi connectivity index (χ4v) is 3.81. The second-order valence-corrected chi connectivity index (χ2v) is 6.93. The first-order chi connectivity index (χ1) is 12.1. The monoisotopic (exact) mass is 361 g/mol. The average Bonchev–Trinajstić information content (AvgIpc) is 2.98. The molecule has 1 saturated heterocycles. The Morgan fingerprint density at radius 3 is 2.40 bits per heavy atom. The van der Waals surface area contributed by atoms with Crippen LogP contribution in [0.15, 0.2) is 34.4 Å². The number of nitrogens with zero attached hydrogens (tertiary/aromatic N) is 3. The van der Waals surface area contributed by atoms with Gasteiger partial charge in [0.15, 0.2) is 0 Å². The molecule has 0 atom stereocenters. The molecule has 0 radical (unpaired) electrons. The SMILES string of the molecule is COc1ccc(N2CCN(C(=O)CCn3c(C)csc3=O)CC2)cc1. The van der Waals surface area contributed by atoms with Crippen molar-refractivity contribution in [3.05, 3.63) is 45.0 Å². The Morgan fingerprint density at radius 1 is 1.16 bits per heavy atom. The van der Waals surface area contributed by atoms with E-state index in [1.165, 1.54) is 11.3 Å². The van der Waals surface area contributed by atoms with Gasteiger partial charge in [-0.2, -0.15) is 0 Å². The van der Waals surface area contributed by atoms with Crippen LogP contribution < -0.4 is 14.5 Å². The van der Waals surface area contributed by atoms with Gasteiger partial charge >= 0.3 is 4.87 Å². The molecule has 7 heteroatoms. The van der Waals surface area contributed by atoms with E-state index in [2.05, 4.69) is 4.90 Å². The maximum atomic E-state index is 12.4. The summed E-state index contributed by atoms with van der Waals surface area (Å²) in [6, 6.07) is 7.99. The van der Waals surface area contributed by atoms with Gasteiger partial charge in [-0.3, -0.25) is 9.59 Å². The molecule has 1 fully saturated rings. The van der Waals surface area contributed by atoms with Gasteiger partial charge in [-0.05, 0) is 31.2 Å². The second kappa shape index (κ2) is 7.74. The van der Waals surface area contributed by atoms with Crippen LogP contribution in [0.5, 0.6) is 5.75 Å². The smallest absolute Gasteiger partial charge is 0.307 e. The molecule has 0 spiro atoms. The van der Waals surface area contributed by atoms with Gasteiger partial charge in [-0.15, -0.1) is 0 Å². The van der Waals surface area contributed by atoms with E-state index >= 15 is 0 Å². The van der Waals surface area contributed by atoms with Crippen molar-refractivity contribution >= 4 is 22.9 Å². The van der Waals surface area contributed by atoms with Crippen molar-refractivity contribution < 1.29 is 9.53 Å². The number of carbonyl (C=O) groups excluding carboxylic acids is 1. The fourth-order valence-electron chi connectivity index (χ4n) is 3.05. The molecule has 6 nitrogen and oxygen atoms in total. The Balaban J connectivity index is 1.51. The highest BCUT2D eigenvalue weighted by molar-refractivity contribution is 7.07. The van der Waals surface area contributed by atoms with Gasteiger partial charge in [0.2, 0.25) is 5.91 Å². The first-order valence-corrected chi connectivity index (χ1v) is 9.28. The van der Waals surface area contributed by atoms with Crippen LogP contribution in [0.2, 0.25) is 0 Å². The number of ether oxygens (including phenoxy) is 1. The van der Waals surface area contributed by atoms with Crippen molar-refractivity contribution in [1.82, 2.24) is 9.47 Å². The van der Waals surface area contributed by atoms with Crippen LogP contribution in [0, 0.1) is 6.92 Å². The summed E-state index contributed by atoms with van der Waals surface area (Å²) < 4.78 is 6.86. The maximum absolute atomic E-state index is 12.4. The molecule has 1 amide bonds. The lowest BCUT2D eigenvalue weighted by Gasteiger charge is -2.36. The lowest BCUT2D eigenvalue weighted by atomic mass is 10.2. The Labute approximate surface area is 151 Å². The van der Waals surface area contributed by atoms with E-state index in [9.17, 15) is 9.59 Å². The number of aryl methyl sites for hydroxylation is 1. The summed E-state index contributed by atoms with van der Waals surface area (Å²) >= 11 is 1.19. The van der Waals surface area contributed by atoms with Crippen molar-refractivity contribution in [2.24, 2.45) is 0 Å². The quantitative estimate of drug-likeness (QED) is 0.817. The van der Waals surface area contributed by atoms with E-state index in [1.54, 1.807) is 11.7 Å². The maximum Gasteiger partial charge on any atom is 0.307 e. The van der Waals surface area contributed by atoms with Crippen molar-refractivity contribution in [3.8, 4) is 5.75 Å². The zero-order chi connectivity index (χ0) is 17.8. The third-order valence-electron chi connectivity index (χ3n) is 4.60. The first kappa shape index (κ1) is 17.5. The van der Waals surface area contributed by atoms with Crippen molar-refractivity contribution in [2.45, 2.75) is 19.9 Å². The molecule has 2 heterocycles. The number of hydrogen-bond acceptors (Lipinski definition) is 5. The van der Waals surface area contributed by atoms with Crippen molar-refractivity contribution in [2.75, 3.05) is 38.2 Å². The molecule has 1 aromatic carbocycles. The summed E-state index contributed by atoms with van der Waals surface area (Å²) in [6.45, 7) is 5.41. The van der Waals surface area contributed by atoms with Gasteiger partial charge in [-0.25, -0.2) is 0 Å². The molecule has 3 rings (SSSR count). The normalized spacial score (nSPS) is 14.6. The van der Waals surface area contributed by atoms with Gasteiger partial charge in [0.1, 0.15) is 5.75 Å². The molecule has 1 aromatic heterocycles. The molecule has 25 heavy (non-hydrogen) atoms. The standard InChI is InChI=1S/C18H23N3O3S/c1-14-13-25-18(23)21(14)8-7-17(22)20-11-9-19(10-12-20)15-3-5-16(24-2)6-4-15/h3-6,13H,7-12H2,1-2H3. The fraction of sp³-hybridized carbons (Fsp3) is 0.444. The van der Waals surface area contributed by atoms with Crippen LogP contribution in [0.1, 0.15) is 12.1 Å². The number of aromatic nitrogens is 1. The van der Waals surface area contributed by atoms with Crippen LogP contribution >= 0.6 is 11.3 Å². The van der Waals surface area contributed by atoms with E-state index in [1.807, 2.05) is 41.5 Å². The summed E-state index contributed by atoms with van der Waals surface area (Å²) in [5.74, 6) is 0.961. The highest BCUT2D eigenvalue weighted by Crippen LogP contribution is 2.20. The molecule has 1 aliphatic rings. The van der Waals surface area contributed by atoms with E-state index in [0.717, 1.165) is 30.2 Å². The summed E-state index contributed by atoms with van der Waals surface area (Å²) in [6.07, 6.45) is 0.375. The van der Waals surface area contributed by atoms with Gasteiger partial charge in [0.05, 0.1) is 7.11 Å². The number of anilines is 1. The number of thiazole rings is 1. The minimum Gasteiger partial charge on any atom is -0.497 e. The van der Waals surface area contributed by atoms with Crippen LogP contribution in [-0.2, 0) is 11.3 Å². The predicted molar refractivity (Wildman–Crippen MR) is 99.7 cm³/mol. The number of piperazine rings is 1. The molecule has 0 N–H and O–H groups in total. The number of benzene rings is 1. The van der Waals surface area contributed by atoms with Crippen LogP contribution in [0.3, 0.4) is 0 Å². The predicted octanol–water partition coefficient (Wildman–Crippen LogP) is 1.97. The molecule has 134 valence electrons. The lowest BCUT2D eigenvalue weighted by molar-refractivity contribution is -0.131. The molecule has 0 aliphatic carbocycles. The van der Waals surface area contributed by atoms with E-state index in [0.29, 0.717) is 26.1 Å². The Bertz CT molecular complexity index is 774. The van der Waals surface area contributed by atoms with Gasteiger partial charge in [0, 0.05) is 55.9 Å². The van der Waals surface area contributed by atoms with Crippen LogP contribution in [0.25, 0.3) is 0 Å². The molecule has 0 unspecified atom stereocenters. The zero-order valence-corrected chi connectivity index (χ0v) is 15.4. The largest absolute Gasteiger partial charge is 0.497 e. The van der Waals surface area contributed by atoms with Crippen LogP contribution in [0.4, 0.5) is 5.69 Å². The average molecular weight is 361 g/mol. The summed E-state index contributed by atoms with van der Waals surface area (Å²) in [4.78, 5) is 28.3. The van der Waals surface area contributed by atoms with E-state index in [-0.39, 0.29) is 10.8 Å². The highest BCUT2D eigenvalue weighted by atomic mass is 32.1. The van der Waals surface area contributed by atoms with E-state index < -0.39 is 0 Å². The van der Waals surface area contributed by atoms with Crippen molar-refractivity contribution in [1.29, 1.82) is 0 Å². The molecular weight excluding hydrogens is 338 g/mol. The molecule has 1 aliphatic heterocycles. The van der Waals surface area contributed by atoms with Crippen LogP contribution in [-0.4, -0.2) is 48.7 Å². The molecule has 0 saturated carbocycles.